The van der Waals surface area contributed by atoms with Crippen LogP contribution in [0.4, 0.5) is 5.69 Å². The van der Waals surface area contributed by atoms with Gasteiger partial charge in [-0.25, -0.2) is 0 Å². The summed E-state index contributed by atoms with van der Waals surface area (Å²) in [6.45, 7) is 5.75. The maximum absolute atomic E-state index is 8.83. The van der Waals surface area contributed by atoms with Crippen LogP contribution in [0.25, 0.3) is 0 Å². The van der Waals surface area contributed by atoms with E-state index >= 15 is 0 Å². The Bertz CT molecular complexity index is 381. The summed E-state index contributed by atoms with van der Waals surface area (Å²) in [7, 11) is 0. The van der Waals surface area contributed by atoms with Crippen molar-refractivity contribution in [3.63, 3.8) is 0 Å². The molecule has 3 heteroatoms. The molecular formula is C16H26N2O. The minimum Gasteiger partial charge on any atom is -0.396 e. The summed E-state index contributed by atoms with van der Waals surface area (Å²) in [5, 5.41) is 12.4. The number of hydrogen-bond donors (Lipinski definition) is 2. The first-order chi connectivity index (χ1) is 9.36. The van der Waals surface area contributed by atoms with Crippen LogP contribution in [0.1, 0.15) is 44.2 Å². The summed E-state index contributed by atoms with van der Waals surface area (Å²) >= 11 is 0. The molecule has 1 unspecified atom stereocenters. The molecule has 0 aromatic heterocycles. The fourth-order valence-corrected chi connectivity index (χ4v) is 2.91. The number of unbranched alkanes of at least 4 members (excludes halogenated alkanes) is 2. The van der Waals surface area contributed by atoms with Crippen LogP contribution < -0.4 is 10.2 Å². The number of anilines is 1. The molecule has 106 valence electrons. The van der Waals surface area contributed by atoms with Gasteiger partial charge in [-0.05, 0) is 43.9 Å². The molecule has 0 saturated carbocycles. The highest BCUT2D eigenvalue weighted by molar-refractivity contribution is 5.56. The van der Waals surface area contributed by atoms with Crippen LogP contribution in [0.3, 0.4) is 0 Å². The van der Waals surface area contributed by atoms with E-state index in [2.05, 4.69) is 41.4 Å². The Kier molecular flexibility index (Phi) is 5.67. The van der Waals surface area contributed by atoms with Gasteiger partial charge in [0.05, 0.1) is 0 Å². The van der Waals surface area contributed by atoms with Gasteiger partial charge in [0.25, 0.3) is 0 Å². The lowest BCUT2D eigenvalue weighted by molar-refractivity contribution is 0.283. The minimum absolute atomic E-state index is 0.319. The summed E-state index contributed by atoms with van der Waals surface area (Å²) in [5.74, 6) is 0. The Morgan fingerprint density at radius 2 is 2.11 bits per heavy atom. The maximum atomic E-state index is 8.83. The lowest BCUT2D eigenvalue weighted by atomic mass is 9.96. The Labute approximate surface area is 116 Å². The van der Waals surface area contributed by atoms with Crippen molar-refractivity contribution >= 4 is 5.69 Å². The average molecular weight is 262 g/mol. The summed E-state index contributed by atoms with van der Waals surface area (Å²) in [4.78, 5) is 2.50. The number of nitrogens with zero attached hydrogens (tertiary/aromatic N) is 1. The second kappa shape index (κ2) is 7.51. The van der Waals surface area contributed by atoms with Gasteiger partial charge in [0, 0.05) is 31.4 Å². The van der Waals surface area contributed by atoms with Crippen LogP contribution in [-0.4, -0.2) is 31.3 Å². The van der Waals surface area contributed by atoms with Crippen molar-refractivity contribution in [1.29, 1.82) is 0 Å². The number of aliphatic hydroxyl groups is 1. The zero-order valence-corrected chi connectivity index (χ0v) is 11.9. The summed E-state index contributed by atoms with van der Waals surface area (Å²) in [6.07, 6.45) is 4.40. The quantitative estimate of drug-likeness (QED) is 0.742. The molecule has 0 bridgehead atoms. The molecule has 2 rings (SSSR count). The molecule has 1 aliphatic heterocycles. The number of hydrogen-bond acceptors (Lipinski definition) is 3. The van der Waals surface area contributed by atoms with Gasteiger partial charge in [-0.1, -0.05) is 25.1 Å². The highest BCUT2D eigenvalue weighted by Crippen LogP contribution is 2.33. The molecular weight excluding hydrogens is 236 g/mol. The average Bonchev–Trinajstić information content (AvgIpc) is 2.46. The van der Waals surface area contributed by atoms with Gasteiger partial charge in [0.2, 0.25) is 0 Å². The Morgan fingerprint density at radius 1 is 1.26 bits per heavy atom. The Balaban J connectivity index is 2.01. The van der Waals surface area contributed by atoms with Gasteiger partial charge >= 0.3 is 0 Å². The van der Waals surface area contributed by atoms with E-state index in [4.69, 9.17) is 5.11 Å². The predicted octanol–water partition coefficient (Wildman–Crippen LogP) is 2.71. The van der Waals surface area contributed by atoms with Crippen LogP contribution in [0.2, 0.25) is 0 Å². The predicted molar refractivity (Wildman–Crippen MR) is 80.6 cm³/mol. The molecule has 0 fully saturated rings. The molecule has 1 aromatic carbocycles. The van der Waals surface area contributed by atoms with Crippen molar-refractivity contribution in [1.82, 2.24) is 5.32 Å². The molecule has 19 heavy (non-hydrogen) atoms. The lowest BCUT2D eigenvalue weighted by Crippen LogP contribution is -2.36. The van der Waals surface area contributed by atoms with Gasteiger partial charge < -0.3 is 15.3 Å². The maximum Gasteiger partial charge on any atom is 0.0431 e. The van der Waals surface area contributed by atoms with Crippen molar-refractivity contribution in [3.05, 3.63) is 29.8 Å². The molecule has 2 N–H and O–H groups in total. The minimum atomic E-state index is 0.319. The third-order valence-corrected chi connectivity index (χ3v) is 3.88. The molecule has 0 saturated heterocycles. The largest absolute Gasteiger partial charge is 0.396 e. The second-order valence-corrected chi connectivity index (χ2v) is 5.23. The molecule has 0 radical (unpaired) electrons. The van der Waals surface area contributed by atoms with Gasteiger partial charge in [-0.2, -0.15) is 0 Å². The van der Waals surface area contributed by atoms with Crippen LogP contribution >= 0.6 is 0 Å². The number of aliphatic hydroxyl groups excluding tert-OH is 1. The van der Waals surface area contributed by atoms with E-state index in [0.29, 0.717) is 12.6 Å². The van der Waals surface area contributed by atoms with Gasteiger partial charge in [0.1, 0.15) is 0 Å². The Morgan fingerprint density at radius 3 is 2.89 bits per heavy atom. The monoisotopic (exact) mass is 262 g/mol. The second-order valence-electron chi connectivity index (χ2n) is 5.23. The van der Waals surface area contributed by atoms with Gasteiger partial charge in [-0.3, -0.25) is 0 Å². The molecule has 0 spiro atoms. The van der Waals surface area contributed by atoms with Crippen molar-refractivity contribution in [2.45, 2.75) is 38.6 Å². The van der Waals surface area contributed by atoms with Crippen molar-refractivity contribution in [3.8, 4) is 0 Å². The number of benzene rings is 1. The fourth-order valence-electron chi connectivity index (χ4n) is 2.91. The molecule has 3 nitrogen and oxygen atoms in total. The highest BCUT2D eigenvalue weighted by atomic mass is 16.2. The Hall–Kier alpha value is -1.06. The number of para-hydroxylation sites is 1. The van der Waals surface area contributed by atoms with E-state index in [9.17, 15) is 0 Å². The molecule has 1 aliphatic rings. The van der Waals surface area contributed by atoms with E-state index < -0.39 is 0 Å². The van der Waals surface area contributed by atoms with Crippen molar-refractivity contribution < 1.29 is 5.11 Å². The number of rotatable bonds is 7. The van der Waals surface area contributed by atoms with E-state index in [-0.39, 0.29) is 0 Å². The molecule has 1 heterocycles. The van der Waals surface area contributed by atoms with Crippen LogP contribution in [0.15, 0.2) is 24.3 Å². The van der Waals surface area contributed by atoms with Crippen LogP contribution in [0.5, 0.6) is 0 Å². The molecule has 0 amide bonds. The first kappa shape index (κ1) is 14.4. The third kappa shape index (κ3) is 3.71. The summed E-state index contributed by atoms with van der Waals surface area (Å²) in [6, 6.07) is 9.27. The standard InChI is InChI=1S/C16H26N2O/c1-2-17-15-10-12-18(11-6-3-7-13-19)16-9-5-4-8-14(15)16/h4-5,8-9,15,17,19H,2-3,6-7,10-13H2,1H3. The SMILES string of the molecule is CCNC1CCN(CCCCCO)c2ccccc21. The smallest absolute Gasteiger partial charge is 0.0431 e. The van der Waals surface area contributed by atoms with Crippen molar-refractivity contribution in [2.24, 2.45) is 0 Å². The van der Waals surface area contributed by atoms with E-state index in [1.165, 1.54) is 24.1 Å². The van der Waals surface area contributed by atoms with Crippen LogP contribution in [-0.2, 0) is 0 Å². The van der Waals surface area contributed by atoms with E-state index in [1.54, 1.807) is 0 Å². The zero-order chi connectivity index (χ0) is 13.5. The van der Waals surface area contributed by atoms with Gasteiger partial charge in [0.15, 0.2) is 0 Å². The normalized spacial score (nSPS) is 18.4. The molecule has 1 atom stereocenters. The van der Waals surface area contributed by atoms with Gasteiger partial charge in [-0.15, -0.1) is 0 Å². The fraction of sp³-hybridized carbons (Fsp3) is 0.625. The van der Waals surface area contributed by atoms with Crippen molar-refractivity contribution in [2.75, 3.05) is 31.1 Å². The van der Waals surface area contributed by atoms with E-state index in [1.807, 2.05) is 0 Å². The highest BCUT2D eigenvalue weighted by Gasteiger charge is 2.23. The topological polar surface area (TPSA) is 35.5 Å². The summed E-state index contributed by atoms with van der Waals surface area (Å²) < 4.78 is 0. The molecule has 0 aliphatic carbocycles. The third-order valence-electron chi connectivity index (χ3n) is 3.88. The number of fused-ring (bicyclic) bond motifs is 1. The molecule has 1 aromatic rings. The first-order valence-electron chi connectivity index (χ1n) is 7.55. The van der Waals surface area contributed by atoms with E-state index in [0.717, 1.165) is 32.5 Å². The summed E-state index contributed by atoms with van der Waals surface area (Å²) in [5.41, 5.74) is 2.83. The van der Waals surface area contributed by atoms with Crippen LogP contribution in [0, 0.1) is 0 Å². The lowest BCUT2D eigenvalue weighted by Gasteiger charge is -2.36. The first-order valence-corrected chi connectivity index (χ1v) is 7.55. The zero-order valence-electron chi connectivity index (χ0n) is 11.9. The number of nitrogens with one attached hydrogen (secondary N) is 1.